The first-order valence-corrected chi connectivity index (χ1v) is 18.0. The standard InChI is InChI=1S/C21H18ClN3O4.C17H17FO5S/c1-14(26)25(12-15-5-3-2-4-6-15)21-23-10-16(11-24-21)18-9-17(22)7-8-19(18)29-13-20(27)28;1-3-24(21,22)13-5-6-14(11(2)8-13)15-9-12(18)4-7-16(15)23-10-17(19)20/h2-11H,12-13H2,1H3,(H,27,28);4-9H,3,10H2,1-2H3,(H,19,20). The molecule has 15 heteroatoms. The summed E-state index contributed by atoms with van der Waals surface area (Å²) in [5, 5.41) is 18.0. The van der Waals surface area contributed by atoms with E-state index in [1.54, 1.807) is 50.5 Å². The number of nitrogens with zero attached hydrogens (tertiary/aromatic N) is 3. The molecule has 0 aliphatic carbocycles. The van der Waals surface area contributed by atoms with Gasteiger partial charge in [0.15, 0.2) is 23.1 Å². The highest BCUT2D eigenvalue weighted by Gasteiger charge is 2.18. The average Bonchev–Trinajstić information content (AvgIpc) is 3.13. The van der Waals surface area contributed by atoms with Gasteiger partial charge in [0.05, 0.1) is 17.2 Å². The zero-order valence-corrected chi connectivity index (χ0v) is 30.4. The van der Waals surface area contributed by atoms with E-state index in [1.807, 2.05) is 30.3 Å². The number of hydrogen-bond acceptors (Lipinski definition) is 9. The average molecular weight is 764 g/mol. The lowest BCUT2D eigenvalue weighted by Gasteiger charge is -2.19. The molecule has 5 aromatic rings. The van der Waals surface area contributed by atoms with Crippen LogP contribution in [-0.4, -0.2) is 65.4 Å². The molecule has 0 aliphatic heterocycles. The first-order valence-electron chi connectivity index (χ1n) is 15.9. The van der Waals surface area contributed by atoms with E-state index >= 15 is 0 Å². The van der Waals surface area contributed by atoms with E-state index < -0.39 is 40.8 Å². The van der Waals surface area contributed by atoms with Crippen molar-refractivity contribution in [2.24, 2.45) is 0 Å². The van der Waals surface area contributed by atoms with Gasteiger partial charge in [-0.05, 0) is 72.1 Å². The van der Waals surface area contributed by atoms with Crippen LogP contribution in [0.25, 0.3) is 22.3 Å². The maximum Gasteiger partial charge on any atom is 0.341 e. The Morgan fingerprint density at radius 3 is 1.98 bits per heavy atom. The third-order valence-corrected chi connectivity index (χ3v) is 9.53. The molecule has 12 nitrogen and oxygen atoms in total. The Labute approximate surface area is 310 Å². The molecule has 0 spiro atoms. The van der Waals surface area contributed by atoms with Crippen LogP contribution in [0.2, 0.25) is 5.02 Å². The number of carbonyl (C=O) groups excluding carboxylic acids is 1. The van der Waals surface area contributed by atoms with Crippen LogP contribution in [0.5, 0.6) is 11.5 Å². The van der Waals surface area contributed by atoms with Gasteiger partial charge in [0.2, 0.25) is 11.9 Å². The minimum absolute atomic E-state index is 0.0152. The van der Waals surface area contributed by atoms with Gasteiger partial charge in [0.1, 0.15) is 17.3 Å². The molecule has 2 N–H and O–H groups in total. The van der Waals surface area contributed by atoms with E-state index in [9.17, 15) is 27.2 Å². The Bertz CT molecular complexity index is 2200. The van der Waals surface area contributed by atoms with Crippen LogP contribution in [0.15, 0.2) is 102 Å². The molecular formula is C38H35ClFN3O9S. The highest BCUT2D eigenvalue weighted by atomic mass is 35.5. The van der Waals surface area contributed by atoms with Gasteiger partial charge >= 0.3 is 11.9 Å². The van der Waals surface area contributed by atoms with Crippen molar-refractivity contribution in [1.82, 2.24) is 9.97 Å². The molecule has 5 rings (SSSR count). The van der Waals surface area contributed by atoms with Gasteiger partial charge in [0, 0.05) is 41.0 Å². The SMILES string of the molecule is CC(=O)N(Cc1ccccc1)c1ncc(-c2cc(Cl)ccc2OCC(=O)O)cn1.CCS(=O)(=O)c1ccc(-c2cc(F)ccc2OCC(=O)O)c(C)c1. The van der Waals surface area contributed by atoms with Crippen molar-refractivity contribution < 1.29 is 46.9 Å². The van der Waals surface area contributed by atoms with Crippen LogP contribution < -0.4 is 14.4 Å². The van der Waals surface area contributed by atoms with Crippen LogP contribution in [-0.2, 0) is 30.8 Å². The Morgan fingerprint density at radius 1 is 0.811 bits per heavy atom. The lowest BCUT2D eigenvalue weighted by Crippen LogP contribution is -2.29. The number of sulfone groups is 1. The molecule has 0 saturated carbocycles. The zero-order valence-electron chi connectivity index (χ0n) is 28.8. The minimum atomic E-state index is -3.34. The second-order valence-corrected chi connectivity index (χ2v) is 14.1. The molecule has 0 fully saturated rings. The van der Waals surface area contributed by atoms with Gasteiger partial charge in [0.25, 0.3) is 0 Å². The smallest absolute Gasteiger partial charge is 0.341 e. The van der Waals surface area contributed by atoms with Crippen molar-refractivity contribution in [3.05, 3.63) is 119 Å². The molecule has 53 heavy (non-hydrogen) atoms. The van der Waals surface area contributed by atoms with Crippen molar-refractivity contribution in [1.29, 1.82) is 0 Å². The van der Waals surface area contributed by atoms with Crippen molar-refractivity contribution in [2.75, 3.05) is 23.9 Å². The van der Waals surface area contributed by atoms with E-state index in [1.165, 1.54) is 42.2 Å². The summed E-state index contributed by atoms with van der Waals surface area (Å²) < 4.78 is 48.0. The number of carboxylic acid groups (broad SMARTS) is 2. The number of benzene rings is 4. The number of hydrogen-bond donors (Lipinski definition) is 2. The van der Waals surface area contributed by atoms with E-state index in [0.29, 0.717) is 45.1 Å². The summed E-state index contributed by atoms with van der Waals surface area (Å²) in [6, 6.07) is 22.7. The number of amides is 1. The molecule has 4 aromatic carbocycles. The Hall–Kier alpha value is -5.86. The van der Waals surface area contributed by atoms with E-state index in [-0.39, 0.29) is 28.3 Å². The highest BCUT2D eigenvalue weighted by Crippen LogP contribution is 2.35. The maximum absolute atomic E-state index is 13.6. The maximum atomic E-state index is 13.6. The summed E-state index contributed by atoms with van der Waals surface area (Å²) in [5.41, 5.74) is 3.66. The number of halogens is 2. The Balaban J connectivity index is 0.000000241. The lowest BCUT2D eigenvalue weighted by atomic mass is 9.99. The molecule has 0 atom stereocenters. The lowest BCUT2D eigenvalue weighted by molar-refractivity contribution is -0.140. The first-order chi connectivity index (χ1) is 25.2. The summed E-state index contributed by atoms with van der Waals surface area (Å²) in [5.74, 6) is -2.11. The van der Waals surface area contributed by atoms with Crippen LogP contribution >= 0.6 is 11.6 Å². The third kappa shape index (κ3) is 11.1. The number of aromatic nitrogens is 2. The van der Waals surface area contributed by atoms with Gasteiger partial charge in [-0.2, -0.15) is 0 Å². The second kappa shape index (κ2) is 18.1. The summed E-state index contributed by atoms with van der Waals surface area (Å²) in [4.78, 5) is 43.9. The predicted molar refractivity (Wildman–Crippen MR) is 196 cm³/mol. The highest BCUT2D eigenvalue weighted by molar-refractivity contribution is 7.91. The second-order valence-electron chi connectivity index (χ2n) is 11.4. The number of rotatable bonds is 13. The largest absolute Gasteiger partial charge is 0.481 e. The van der Waals surface area contributed by atoms with Crippen LogP contribution in [0.4, 0.5) is 10.3 Å². The summed E-state index contributed by atoms with van der Waals surface area (Å²) in [6.45, 7) is 4.02. The number of carboxylic acids is 2. The van der Waals surface area contributed by atoms with Crippen LogP contribution in [0.1, 0.15) is 25.0 Å². The summed E-state index contributed by atoms with van der Waals surface area (Å²) in [7, 11) is -3.34. The fourth-order valence-electron chi connectivity index (χ4n) is 4.96. The van der Waals surface area contributed by atoms with Gasteiger partial charge in [-0.15, -0.1) is 0 Å². The predicted octanol–water partition coefficient (Wildman–Crippen LogP) is 6.87. The number of aliphatic carboxylic acids is 2. The number of anilines is 1. The van der Waals surface area contributed by atoms with E-state index in [4.69, 9.17) is 31.3 Å². The Morgan fingerprint density at radius 2 is 1.42 bits per heavy atom. The van der Waals surface area contributed by atoms with E-state index in [0.717, 1.165) is 5.56 Å². The molecular weight excluding hydrogens is 729 g/mol. The first kappa shape index (κ1) is 39.9. The molecule has 1 aromatic heterocycles. The van der Waals surface area contributed by atoms with Crippen LogP contribution in [0, 0.1) is 12.7 Å². The van der Waals surface area contributed by atoms with Gasteiger partial charge in [-0.3, -0.25) is 9.69 Å². The molecule has 0 aliphatic rings. The fraction of sp³-hybridized carbons (Fsp3) is 0.184. The number of carbonyl (C=O) groups is 3. The third-order valence-electron chi connectivity index (χ3n) is 7.57. The van der Waals surface area contributed by atoms with Gasteiger partial charge < -0.3 is 19.7 Å². The molecule has 276 valence electrons. The summed E-state index contributed by atoms with van der Waals surface area (Å²) in [6.07, 6.45) is 3.09. The zero-order chi connectivity index (χ0) is 38.7. The van der Waals surface area contributed by atoms with Crippen LogP contribution in [0.3, 0.4) is 0 Å². The molecule has 0 bridgehead atoms. The van der Waals surface area contributed by atoms with Gasteiger partial charge in [-0.1, -0.05) is 54.9 Å². The topological polar surface area (TPSA) is 173 Å². The van der Waals surface area contributed by atoms with Crippen molar-refractivity contribution >= 4 is 45.2 Å². The van der Waals surface area contributed by atoms with Crippen molar-refractivity contribution in [2.45, 2.75) is 32.2 Å². The van der Waals surface area contributed by atoms with Crippen molar-refractivity contribution in [3.8, 4) is 33.8 Å². The minimum Gasteiger partial charge on any atom is -0.481 e. The fourth-order valence-corrected chi connectivity index (χ4v) is 6.10. The van der Waals surface area contributed by atoms with Crippen molar-refractivity contribution in [3.63, 3.8) is 0 Å². The molecule has 0 saturated heterocycles. The van der Waals surface area contributed by atoms with Gasteiger partial charge in [-0.25, -0.2) is 32.4 Å². The number of ether oxygens (including phenoxy) is 2. The Kier molecular flexibility index (Phi) is 13.6. The normalized spacial score (nSPS) is 10.8. The van der Waals surface area contributed by atoms with E-state index in [2.05, 4.69) is 9.97 Å². The molecule has 1 heterocycles. The summed E-state index contributed by atoms with van der Waals surface area (Å²) >= 11 is 6.08. The monoisotopic (exact) mass is 763 g/mol. The molecule has 0 radical (unpaired) electrons. The number of aryl methyl sites for hydroxylation is 1. The molecule has 1 amide bonds. The molecule has 0 unspecified atom stereocenters. The quantitative estimate of drug-likeness (QED) is 0.128.